The van der Waals surface area contributed by atoms with Crippen molar-refractivity contribution in [1.29, 1.82) is 0 Å². The maximum atomic E-state index is 5.40. The van der Waals surface area contributed by atoms with Crippen molar-refractivity contribution >= 4 is 5.71 Å². The van der Waals surface area contributed by atoms with Crippen LogP contribution in [0.25, 0.3) is 0 Å². The minimum Gasteiger partial charge on any atom is -0.330 e. The number of nitrogens with two attached hydrogens (primary N) is 1. The number of rotatable bonds is 5. The van der Waals surface area contributed by atoms with Crippen LogP contribution in [-0.4, -0.2) is 26.0 Å². The molecule has 0 atom stereocenters. The highest BCUT2D eigenvalue weighted by atomic mass is 15.0. The molecule has 0 saturated heterocycles. The van der Waals surface area contributed by atoms with Gasteiger partial charge in [0.2, 0.25) is 0 Å². The molecule has 0 aliphatic rings. The predicted octanol–water partition coefficient (Wildman–Crippen LogP) is 0.529. The van der Waals surface area contributed by atoms with Gasteiger partial charge >= 0.3 is 0 Å². The molecule has 0 saturated carbocycles. The smallest absolute Gasteiger partial charge is 0.0885 e. The van der Waals surface area contributed by atoms with Gasteiger partial charge in [0.25, 0.3) is 0 Å². The molecule has 0 unspecified atom stereocenters. The first kappa shape index (κ1) is 10.3. The molecule has 0 spiro atoms. The van der Waals surface area contributed by atoms with Gasteiger partial charge in [0, 0.05) is 12.1 Å². The average molecular weight is 155 g/mol. The molecule has 11 heavy (non-hydrogen) atoms. The van der Waals surface area contributed by atoms with Gasteiger partial charge in [-0.1, -0.05) is 6.08 Å². The molecule has 0 aromatic rings. The zero-order valence-corrected chi connectivity index (χ0v) is 7.30. The summed E-state index contributed by atoms with van der Waals surface area (Å²) in [7, 11) is 1.87. The zero-order valence-electron chi connectivity index (χ0n) is 7.30. The zero-order chi connectivity index (χ0) is 8.53. The van der Waals surface area contributed by atoms with Crippen molar-refractivity contribution in [3.05, 3.63) is 12.2 Å². The minimum atomic E-state index is 0.660. The predicted molar refractivity (Wildman–Crippen MR) is 49.8 cm³/mol. The number of hydrogen-bond donors (Lipinski definition) is 2. The van der Waals surface area contributed by atoms with E-state index in [0.717, 1.165) is 12.1 Å². The summed E-state index contributed by atoms with van der Waals surface area (Å²) in [5.41, 5.74) is 6.46. The van der Waals surface area contributed by atoms with Crippen molar-refractivity contribution < 1.29 is 0 Å². The van der Waals surface area contributed by atoms with E-state index in [0.29, 0.717) is 13.2 Å². The number of nitrogens with one attached hydrogen (secondary N) is 1. The molecule has 0 aliphatic heterocycles. The van der Waals surface area contributed by atoms with E-state index < -0.39 is 0 Å². The van der Waals surface area contributed by atoms with Crippen molar-refractivity contribution in [3.63, 3.8) is 0 Å². The minimum absolute atomic E-state index is 0.660. The van der Waals surface area contributed by atoms with Gasteiger partial charge in [0.15, 0.2) is 0 Å². The topological polar surface area (TPSA) is 50.4 Å². The van der Waals surface area contributed by atoms with E-state index in [9.17, 15) is 0 Å². The molecule has 0 aromatic heterocycles. The third-order valence-electron chi connectivity index (χ3n) is 1.20. The lowest BCUT2D eigenvalue weighted by atomic mass is 10.2. The van der Waals surface area contributed by atoms with Gasteiger partial charge in [-0.3, -0.25) is 4.99 Å². The van der Waals surface area contributed by atoms with E-state index in [2.05, 4.69) is 10.3 Å². The number of nitrogens with zero attached hydrogens (tertiary/aromatic N) is 1. The lowest BCUT2D eigenvalue weighted by molar-refractivity contribution is 0.830. The summed E-state index contributed by atoms with van der Waals surface area (Å²) in [5, 5.41) is 2.95. The molecule has 0 rings (SSSR count). The highest BCUT2D eigenvalue weighted by Gasteiger charge is 1.89. The van der Waals surface area contributed by atoms with Crippen LogP contribution in [0.5, 0.6) is 0 Å². The van der Waals surface area contributed by atoms with Crippen LogP contribution in [-0.2, 0) is 0 Å². The molecule has 0 fully saturated rings. The van der Waals surface area contributed by atoms with Crippen LogP contribution in [0.15, 0.2) is 17.1 Å². The Bertz CT molecular complexity index is 138. The van der Waals surface area contributed by atoms with Crippen LogP contribution < -0.4 is 11.1 Å². The number of hydrogen-bond acceptors (Lipinski definition) is 3. The molecule has 0 heterocycles. The Morgan fingerprint density at radius 2 is 2.36 bits per heavy atom. The van der Waals surface area contributed by atoms with Gasteiger partial charge in [-0.2, -0.15) is 0 Å². The van der Waals surface area contributed by atoms with Gasteiger partial charge in [0.05, 0.1) is 6.67 Å². The molecule has 3 heteroatoms. The maximum Gasteiger partial charge on any atom is 0.0885 e. The van der Waals surface area contributed by atoms with Crippen molar-refractivity contribution in [2.45, 2.75) is 13.3 Å². The van der Waals surface area contributed by atoms with Crippen LogP contribution in [0.2, 0.25) is 0 Å². The Morgan fingerprint density at radius 1 is 1.64 bits per heavy atom. The highest BCUT2D eigenvalue weighted by molar-refractivity contribution is 5.94. The molecule has 0 bridgehead atoms. The first-order chi connectivity index (χ1) is 5.35. The molecular weight excluding hydrogens is 138 g/mol. The van der Waals surface area contributed by atoms with E-state index >= 15 is 0 Å². The molecule has 3 nitrogen and oxygen atoms in total. The summed E-state index contributed by atoms with van der Waals surface area (Å²) in [6, 6.07) is 0. The average Bonchev–Trinajstić information content (AvgIpc) is 2.01. The summed E-state index contributed by atoms with van der Waals surface area (Å²) in [6.45, 7) is 3.30. The lowest BCUT2D eigenvalue weighted by Gasteiger charge is -1.98. The first-order valence-electron chi connectivity index (χ1n) is 3.85. The van der Waals surface area contributed by atoms with Crippen molar-refractivity contribution in [3.8, 4) is 0 Å². The Labute approximate surface area is 68.4 Å². The van der Waals surface area contributed by atoms with Crippen LogP contribution in [0.3, 0.4) is 0 Å². The summed E-state index contributed by atoms with van der Waals surface area (Å²) in [6.07, 6.45) is 4.82. The van der Waals surface area contributed by atoms with Gasteiger partial charge in [0.1, 0.15) is 0 Å². The third-order valence-corrected chi connectivity index (χ3v) is 1.20. The second-order valence-electron chi connectivity index (χ2n) is 2.20. The SMILES string of the molecule is C/C=C\C(CCN)=N/CNC. The van der Waals surface area contributed by atoms with Gasteiger partial charge in [-0.15, -0.1) is 0 Å². The van der Waals surface area contributed by atoms with Crippen molar-refractivity contribution in [2.75, 3.05) is 20.3 Å². The summed E-state index contributed by atoms with van der Waals surface area (Å²) in [4.78, 5) is 4.26. The molecule has 0 aliphatic carbocycles. The van der Waals surface area contributed by atoms with E-state index in [4.69, 9.17) is 5.73 Å². The molecule has 0 amide bonds. The van der Waals surface area contributed by atoms with Gasteiger partial charge in [-0.05, 0) is 26.6 Å². The fourth-order valence-electron chi connectivity index (χ4n) is 0.736. The van der Waals surface area contributed by atoms with Gasteiger partial charge in [-0.25, -0.2) is 0 Å². The summed E-state index contributed by atoms with van der Waals surface area (Å²) in [5.74, 6) is 0. The van der Waals surface area contributed by atoms with E-state index in [1.807, 2.05) is 26.1 Å². The van der Waals surface area contributed by atoms with Crippen molar-refractivity contribution in [2.24, 2.45) is 10.7 Å². The summed E-state index contributed by atoms with van der Waals surface area (Å²) < 4.78 is 0. The van der Waals surface area contributed by atoms with Gasteiger partial charge < -0.3 is 11.1 Å². The second kappa shape index (κ2) is 7.44. The van der Waals surface area contributed by atoms with Crippen LogP contribution in [0.4, 0.5) is 0 Å². The van der Waals surface area contributed by atoms with Crippen LogP contribution in [0, 0.1) is 0 Å². The standard InChI is InChI=1S/C8H17N3/c1-3-4-8(5-6-9)11-7-10-2/h3-4,10H,5-7,9H2,1-2H3/b4-3-,11-8+. The molecule has 64 valence electrons. The molecule has 0 aromatic carbocycles. The normalized spacial score (nSPS) is 12.8. The van der Waals surface area contributed by atoms with Crippen LogP contribution >= 0.6 is 0 Å². The fourth-order valence-corrected chi connectivity index (χ4v) is 0.736. The first-order valence-corrected chi connectivity index (χ1v) is 3.85. The molecule has 0 radical (unpaired) electrons. The van der Waals surface area contributed by atoms with Crippen LogP contribution in [0.1, 0.15) is 13.3 Å². The quantitative estimate of drug-likeness (QED) is 0.569. The van der Waals surface area contributed by atoms with E-state index in [1.165, 1.54) is 0 Å². The lowest BCUT2D eigenvalue weighted by Crippen LogP contribution is -2.11. The summed E-state index contributed by atoms with van der Waals surface area (Å²) >= 11 is 0. The maximum absolute atomic E-state index is 5.40. The Morgan fingerprint density at radius 3 is 2.82 bits per heavy atom. The number of allylic oxidation sites excluding steroid dienone is 2. The largest absolute Gasteiger partial charge is 0.330 e. The Hall–Kier alpha value is -0.670. The molecular formula is C8H17N3. The van der Waals surface area contributed by atoms with E-state index in [1.54, 1.807) is 0 Å². The highest BCUT2D eigenvalue weighted by Crippen LogP contribution is 1.87. The fraction of sp³-hybridized carbons (Fsp3) is 0.625. The second-order valence-corrected chi connectivity index (χ2v) is 2.20. The Kier molecular flexibility index (Phi) is 6.98. The van der Waals surface area contributed by atoms with Crippen molar-refractivity contribution in [1.82, 2.24) is 5.32 Å². The molecule has 3 N–H and O–H groups in total. The monoisotopic (exact) mass is 155 g/mol. The third kappa shape index (κ3) is 5.76. The van der Waals surface area contributed by atoms with E-state index in [-0.39, 0.29) is 0 Å². The Balaban J connectivity index is 3.86. The number of aliphatic imine (C=N–C) groups is 1.